The number of nitrogens with zero attached hydrogens (tertiary/aromatic N) is 1. The summed E-state index contributed by atoms with van der Waals surface area (Å²) in [6.45, 7) is 3.30. The van der Waals surface area contributed by atoms with Crippen molar-refractivity contribution in [3.8, 4) is 11.5 Å². The summed E-state index contributed by atoms with van der Waals surface area (Å²) in [7, 11) is 2.78. The van der Waals surface area contributed by atoms with Crippen LogP contribution in [0.4, 0.5) is 0 Å². The highest BCUT2D eigenvalue weighted by Gasteiger charge is 2.51. The predicted molar refractivity (Wildman–Crippen MR) is 119 cm³/mol. The summed E-state index contributed by atoms with van der Waals surface area (Å²) < 4.78 is 27.7. The number of methoxy groups -OCH3 is 2. The molecule has 4 unspecified atom stereocenters. The second kappa shape index (κ2) is 8.78. The van der Waals surface area contributed by atoms with E-state index in [1.54, 1.807) is 7.11 Å². The van der Waals surface area contributed by atoms with Gasteiger partial charge in [-0.2, -0.15) is 0 Å². The van der Waals surface area contributed by atoms with E-state index >= 15 is 0 Å². The van der Waals surface area contributed by atoms with Crippen LogP contribution in [0.1, 0.15) is 43.2 Å². The number of hydrogen-bond donors (Lipinski definition) is 1. The second-order valence-corrected chi connectivity index (χ2v) is 9.64. The molecule has 0 bridgehead atoms. The lowest BCUT2D eigenvalue weighted by molar-refractivity contribution is -0.177. The highest BCUT2D eigenvalue weighted by Crippen LogP contribution is 2.49. The van der Waals surface area contributed by atoms with Crippen molar-refractivity contribution in [2.24, 2.45) is 5.92 Å². The Hall–Kier alpha value is -2.78. The molecule has 5 rings (SSSR count). The zero-order valence-corrected chi connectivity index (χ0v) is 19.7. The fourth-order valence-electron chi connectivity index (χ4n) is 5.84. The van der Waals surface area contributed by atoms with Gasteiger partial charge < -0.3 is 28.8 Å². The van der Waals surface area contributed by atoms with Crippen LogP contribution in [0.5, 0.6) is 11.5 Å². The van der Waals surface area contributed by atoms with Gasteiger partial charge in [-0.25, -0.2) is 4.79 Å². The van der Waals surface area contributed by atoms with E-state index in [4.69, 9.17) is 18.9 Å². The van der Waals surface area contributed by atoms with Crippen molar-refractivity contribution in [2.45, 2.75) is 56.3 Å². The van der Waals surface area contributed by atoms with Gasteiger partial charge in [0.2, 0.25) is 6.79 Å². The molecule has 1 fully saturated rings. The summed E-state index contributed by atoms with van der Waals surface area (Å²) in [6.07, 6.45) is 3.75. The quantitative estimate of drug-likeness (QED) is 0.642. The van der Waals surface area contributed by atoms with Crippen LogP contribution in [0.2, 0.25) is 0 Å². The molecule has 4 aliphatic rings. The van der Waals surface area contributed by atoms with Gasteiger partial charge in [0.15, 0.2) is 23.2 Å². The number of fused-ring (bicyclic) bond motifs is 3. The van der Waals surface area contributed by atoms with Crippen molar-refractivity contribution in [1.82, 2.24) is 4.90 Å². The molecule has 0 amide bonds. The summed E-state index contributed by atoms with van der Waals surface area (Å²) in [5.74, 6) is 0.391. The molecule has 0 aromatic heterocycles. The Bertz CT molecular complexity index is 1020. The highest BCUT2D eigenvalue weighted by atomic mass is 16.7. The molecule has 9 nitrogen and oxygen atoms in total. The Kier molecular flexibility index (Phi) is 5.93. The lowest BCUT2D eigenvalue weighted by atomic mass is 9.71. The first kappa shape index (κ1) is 23.0. The van der Waals surface area contributed by atoms with Gasteiger partial charge >= 0.3 is 11.9 Å². The number of benzene rings is 1. The molecule has 1 aromatic carbocycles. The molecule has 9 heteroatoms. The van der Waals surface area contributed by atoms with Crippen molar-refractivity contribution in [1.29, 1.82) is 0 Å². The zero-order chi connectivity index (χ0) is 24.0. The lowest BCUT2D eigenvalue weighted by Gasteiger charge is -2.48. The van der Waals surface area contributed by atoms with Crippen LogP contribution >= 0.6 is 0 Å². The molecule has 1 N–H and O–H groups in total. The van der Waals surface area contributed by atoms with Crippen LogP contribution in [0.15, 0.2) is 24.0 Å². The van der Waals surface area contributed by atoms with Crippen molar-refractivity contribution in [2.75, 3.05) is 34.1 Å². The molecule has 3 aliphatic heterocycles. The number of rotatable bonds is 5. The van der Waals surface area contributed by atoms with Crippen molar-refractivity contribution in [3.05, 3.63) is 35.1 Å². The topological polar surface area (TPSA) is 104 Å². The van der Waals surface area contributed by atoms with Crippen LogP contribution in [-0.2, 0) is 30.2 Å². The summed E-state index contributed by atoms with van der Waals surface area (Å²) in [5.41, 5.74) is 0.135. The standard InChI is InChI=1S/C25H31NO8/c1-25(29,12-20(27)31-3)24(28)34-23-19(30-2)10-15-5-4-7-26-8-6-14-9-17-18(33-13-32-17)11-16(14)21(23)22(15)26/h9-11,15,21-23,29H,4-8,12-13H2,1-3H3/t15?,21-,22?,23?,25?/m0/s1. The molecule has 0 saturated carbocycles. The minimum Gasteiger partial charge on any atom is -0.497 e. The number of hydrogen-bond acceptors (Lipinski definition) is 9. The summed E-state index contributed by atoms with van der Waals surface area (Å²) in [5, 5.41) is 10.7. The van der Waals surface area contributed by atoms with Gasteiger partial charge in [-0.1, -0.05) is 0 Å². The molecule has 3 heterocycles. The predicted octanol–water partition coefficient (Wildman–Crippen LogP) is 1.91. The van der Waals surface area contributed by atoms with Gasteiger partial charge in [-0.15, -0.1) is 0 Å². The van der Waals surface area contributed by atoms with Crippen LogP contribution in [-0.4, -0.2) is 73.8 Å². The van der Waals surface area contributed by atoms with E-state index < -0.39 is 30.1 Å². The number of aliphatic hydroxyl groups is 1. The van der Waals surface area contributed by atoms with E-state index in [9.17, 15) is 14.7 Å². The maximum absolute atomic E-state index is 13.1. The molecule has 1 aliphatic carbocycles. The van der Waals surface area contributed by atoms with Crippen molar-refractivity contribution in [3.63, 3.8) is 0 Å². The minimum atomic E-state index is -2.03. The number of esters is 2. The third-order valence-electron chi connectivity index (χ3n) is 7.48. The van der Waals surface area contributed by atoms with E-state index in [2.05, 4.69) is 15.7 Å². The van der Waals surface area contributed by atoms with E-state index in [0.717, 1.165) is 49.2 Å². The number of carbonyl (C=O) groups is 2. The fourth-order valence-corrected chi connectivity index (χ4v) is 5.84. The molecule has 1 aromatic rings. The first-order valence-electron chi connectivity index (χ1n) is 11.7. The second-order valence-electron chi connectivity index (χ2n) is 9.64. The Morgan fingerprint density at radius 1 is 1.21 bits per heavy atom. The van der Waals surface area contributed by atoms with E-state index in [1.165, 1.54) is 14.0 Å². The molecule has 1 saturated heterocycles. The fraction of sp³-hybridized carbons (Fsp3) is 0.600. The summed E-state index contributed by atoms with van der Waals surface area (Å²) in [4.78, 5) is 27.4. The Labute approximate surface area is 198 Å². The molecule has 5 atom stereocenters. The summed E-state index contributed by atoms with van der Waals surface area (Å²) in [6, 6.07) is 4.14. The van der Waals surface area contributed by atoms with Gasteiger partial charge in [0, 0.05) is 18.5 Å². The maximum Gasteiger partial charge on any atom is 0.339 e. The third-order valence-corrected chi connectivity index (χ3v) is 7.48. The number of carbonyl (C=O) groups excluding carboxylic acids is 2. The number of ether oxygens (including phenoxy) is 5. The molecular weight excluding hydrogens is 442 g/mol. The Balaban J connectivity index is 1.57. The minimum absolute atomic E-state index is 0.109. The lowest BCUT2D eigenvalue weighted by Crippen LogP contribution is -2.54. The molecule has 0 spiro atoms. The van der Waals surface area contributed by atoms with Gasteiger partial charge in [0.05, 0.1) is 20.6 Å². The van der Waals surface area contributed by atoms with E-state index in [0.29, 0.717) is 11.5 Å². The van der Waals surface area contributed by atoms with Crippen LogP contribution in [0.25, 0.3) is 0 Å². The average Bonchev–Trinajstić information content (AvgIpc) is 3.21. The van der Waals surface area contributed by atoms with Gasteiger partial charge in [0.1, 0.15) is 5.76 Å². The highest BCUT2D eigenvalue weighted by molar-refractivity contribution is 5.85. The monoisotopic (exact) mass is 473 g/mol. The summed E-state index contributed by atoms with van der Waals surface area (Å²) >= 11 is 0. The van der Waals surface area contributed by atoms with Crippen LogP contribution < -0.4 is 9.47 Å². The number of piperidine rings is 1. The van der Waals surface area contributed by atoms with Crippen molar-refractivity contribution >= 4 is 11.9 Å². The van der Waals surface area contributed by atoms with Crippen LogP contribution in [0, 0.1) is 5.92 Å². The molecule has 0 radical (unpaired) electrons. The SMILES string of the molecule is COC(=O)CC(C)(O)C(=O)OC1C(OC)=CC2CCCN3CCc4cc5c(cc4[C@H]1C23)OCO5. The first-order chi connectivity index (χ1) is 16.3. The normalized spacial score (nSPS) is 29.0. The van der Waals surface area contributed by atoms with Gasteiger partial charge in [-0.05, 0) is 68.0 Å². The average molecular weight is 474 g/mol. The Morgan fingerprint density at radius 3 is 2.71 bits per heavy atom. The molecule has 34 heavy (non-hydrogen) atoms. The van der Waals surface area contributed by atoms with Crippen molar-refractivity contribution < 1.29 is 38.4 Å². The van der Waals surface area contributed by atoms with Crippen LogP contribution in [0.3, 0.4) is 0 Å². The zero-order valence-electron chi connectivity index (χ0n) is 19.7. The third kappa shape index (κ3) is 3.90. The molecular formula is C25H31NO8. The largest absolute Gasteiger partial charge is 0.497 e. The smallest absolute Gasteiger partial charge is 0.339 e. The molecule has 184 valence electrons. The van der Waals surface area contributed by atoms with E-state index in [1.807, 2.05) is 12.1 Å². The Morgan fingerprint density at radius 2 is 1.97 bits per heavy atom. The van der Waals surface area contributed by atoms with Gasteiger partial charge in [0.25, 0.3) is 0 Å². The maximum atomic E-state index is 13.1. The first-order valence-corrected chi connectivity index (χ1v) is 11.7. The van der Waals surface area contributed by atoms with E-state index in [-0.39, 0.29) is 24.7 Å². The van der Waals surface area contributed by atoms with Gasteiger partial charge in [-0.3, -0.25) is 9.69 Å².